The number of amides is 1. The number of para-hydroxylation sites is 2. The summed E-state index contributed by atoms with van der Waals surface area (Å²) in [5.74, 6) is 0.567. The number of benzene rings is 2. The largest absolute Gasteiger partial charge is 0.494 e. The highest BCUT2D eigenvalue weighted by atomic mass is 16.5. The van der Waals surface area contributed by atoms with Gasteiger partial charge in [-0.05, 0) is 31.0 Å². The van der Waals surface area contributed by atoms with Gasteiger partial charge in [0.2, 0.25) is 0 Å². The quantitative estimate of drug-likeness (QED) is 0.462. The van der Waals surface area contributed by atoms with Crippen LogP contribution in [0.4, 0.5) is 5.69 Å². The number of anilines is 1. The Balaban J connectivity index is 1.39. The molecule has 1 fully saturated rings. The Morgan fingerprint density at radius 1 is 1.09 bits per heavy atom. The zero-order valence-electron chi connectivity index (χ0n) is 19.5. The molecule has 0 radical (unpaired) electrons. The molecule has 0 spiro atoms. The highest BCUT2D eigenvalue weighted by molar-refractivity contribution is 6.06. The number of nitrogens with zero attached hydrogens (tertiary/aromatic N) is 3. The summed E-state index contributed by atoms with van der Waals surface area (Å²) in [5.41, 5.74) is 3.64. The van der Waals surface area contributed by atoms with Crippen LogP contribution in [0.2, 0.25) is 0 Å². The van der Waals surface area contributed by atoms with Crippen LogP contribution < -0.4 is 15.4 Å². The van der Waals surface area contributed by atoms with Gasteiger partial charge < -0.3 is 20.1 Å². The SMILES string of the molecule is COc1cccc2c(C(=O)NCCCNc3ccccc3C)nn(CCN3CCOCC3)c12. The van der Waals surface area contributed by atoms with Crippen molar-refractivity contribution in [1.82, 2.24) is 20.0 Å². The van der Waals surface area contributed by atoms with Crippen LogP contribution in [-0.4, -0.2) is 73.6 Å². The molecule has 1 aromatic heterocycles. The van der Waals surface area contributed by atoms with Gasteiger partial charge in [0.1, 0.15) is 11.3 Å². The number of morpholine rings is 1. The van der Waals surface area contributed by atoms with E-state index in [1.807, 2.05) is 35.0 Å². The van der Waals surface area contributed by atoms with Crippen molar-refractivity contribution < 1.29 is 14.3 Å². The highest BCUT2D eigenvalue weighted by Gasteiger charge is 2.20. The smallest absolute Gasteiger partial charge is 0.272 e. The summed E-state index contributed by atoms with van der Waals surface area (Å²) in [6, 6.07) is 13.9. The average molecular weight is 452 g/mol. The lowest BCUT2D eigenvalue weighted by Gasteiger charge is -2.26. The van der Waals surface area contributed by atoms with Crippen LogP contribution in [0, 0.1) is 6.92 Å². The first-order valence-corrected chi connectivity index (χ1v) is 11.6. The summed E-state index contributed by atoms with van der Waals surface area (Å²) in [7, 11) is 1.65. The van der Waals surface area contributed by atoms with Crippen LogP contribution in [0.3, 0.4) is 0 Å². The molecule has 8 heteroatoms. The average Bonchev–Trinajstić information content (AvgIpc) is 3.23. The van der Waals surface area contributed by atoms with E-state index in [2.05, 4.69) is 34.6 Å². The van der Waals surface area contributed by atoms with Gasteiger partial charge in [0.25, 0.3) is 5.91 Å². The lowest BCUT2D eigenvalue weighted by molar-refractivity contribution is 0.0361. The Labute approximate surface area is 194 Å². The second-order valence-electron chi connectivity index (χ2n) is 8.23. The molecule has 1 aliphatic heterocycles. The Kier molecular flexibility index (Phi) is 7.80. The molecule has 1 saturated heterocycles. The zero-order valence-corrected chi connectivity index (χ0v) is 19.5. The lowest BCUT2D eigenvalue weighted by Crippen LogP contribution is -2.38. The normalized spacial score (nSPS) is 14.4. The summed E-state index contributed by atoms with van der Waals surface area (Å²) >= 11 is 0. The third-order valence-corrected chi connectivity index (χ3v) is 6.00. The fourth-order valence-corrected chi connectivity index (χ4v) is 4.13. The van der Waals surface area contributed by atoms with Crippen molar-refractivity contribution in [2.75, 3.05) is 58.4 Å². The van der Waals surface area contributed by atoms with Gasteiger partial charge in [-0.3, -0.25) is 14.4 Å². The minimum atomic E-state index is -0.158. The van der Waals surface area contributed by atoms with E-state index in [1.165, 1.54) is 5.56 Å². The molecule has 2 aromatic carbocycles. The van der Waals surface area contributed by atoms with Crippen molar-refractivity contribution in [3.63, 3.8) is 0 Å². The summed E-state index contributed by atoms with van der Waals surface area (Å²) in [6.07, 6.45) is 0.819. The van der Waals surface area contributed by atoms with Gasteiger partial charge in [0.15, 0.2) is 5.69 Å². The van der Waals surface area contributed by atoms with Gasteiger partial charge in [-0.2, -0.15) is 5.10 Å². The number of aromatic nitrogens is 2. The van der Waals surface area contributed by atoms with Crippen LogP contribution >= 0.6 is 0 Å². The van der Waals surface area contributed by atoms with E-state index >= 15 is 0 Å². The standard InChI is InChI=1S/C25H33N5O3/c1-19-7-3-4-9-21(19)26-11-6-12-27-25(31)23-20-8-5-10-22(32-2)24(20)30(28-23)14-13-29-15-17-33-18-16-29/h3-5,7-10,26H,6,11-18H2,1-2H3,(H,27,31). The number of hydrogen-bond acceptors (Lipinski definition) is 6. The maximum absolute atomic E-state index is 13.0. The number of fused-ring (bicyclic) bond motifs is 1. The van der Waals surface area contributed by atoms with Gasteiger partial charge >= 0.3 is 0 Å². The van der Waals surface area contributed by atoms with Crippen molar-refractivity contribution in [2.24, 2.45) is 0 Å². The Morgan fingerprint density at radius 3 is 2.70 bits per heavy atom. The van der Waals surface area contributed by atoms with Crippen molar-refractivity contribution in [1.29, 1.82) is 0 Å². The maximum Gasteiger partial charge on any atom is 0.272 e. The molecular weight excluding hydrogens is 418 g/mol. The number of hydrogen-bond donors (Lipinski definition) is 2. The first-order chi connectivity index (χ1) is 16.2. The number of carbonyl (C=O) groups is 1. The first kappa shape index (κ1) is 23.1. The van der Waals surface area contributed by atoms with E-state index in [0.717, 1.165) is 68.2 Å². The van der Waals surface area contributed by atoms with Crippen molar-refractivity contribution in [3.8, 4) is 5.75 Å². The van der Waals surface area contributed by atoms with Gasteiger partial charge in [-0.25, -0.2) is 0 Å². The zero-order chi connectivity index (χ0) is 23.0. The number of aryl methyl sites for hydroxylation is 1. The van der Waals surface area contributed by atoms with E-state index in [9.17, 15) is 4.79 Å². The van der Waals surface area contributed by atoms with Gasteiger partial charge in [0, 0.05) is 43.8 Å². The van der Waals surface area contributed by atoms with Crippen LogP contribution in [-0.2, 0) is 11.3 Å². The molecule has 0 aliphatic carbocycles. The number of nitrogens with one attached hydrogen (secondary N) is 2. The van der Waals surface area contributed by atoms with Crippen LogP contribution in [0.1, 0.15) is 22.5 Å². The molecule has 0 atom stereocenters. The summed E-state index contributed by atoms with van der Waals surface area (Å²) in [4.78, 5) is 15.3. The maximum atomic E-state index is 13.0. The summed E-state index contributed by atoms with van der Waals surface area (Å²) in [5, 5.41) is 12.0. The van der Waals surface area contributed by atoms with Gasteiger partial charge in [0.05, 0.1) is 26.9 Å². The lowest BCUT2D eigenvalue weighted by atomic mass is 10.2. The molecule has 4 rings (SSSR count). The topological polar surface area (TPSA) is 80.7 Å². The molecule has 1 aliphatic rings. The minimum absolute atomic E-state index is 0.158. The van der Waals surface area contributed by atoms with Crippen molar-refractivity contribution in [2.45, 2.75) is 19.9 Å². The van der Waals surface area contributed by atoms with Gasteiger partial charge in [-0.15, -0.1) is 0 Å². The predicted molar refractivity (Wildman–Crippen MR) is 130 cm³/mol. The number of ether oxygens (including phenoxy) is 2. The van der Waals surface area contributed by atoms with Crippen molar-refractivity contribution >= 4 is 22.5 Å². The van der Waals surface area contributed by atoms with E-state index in [1.54, 1.807) is 7.11 Å². The van der Waals surface area contributed by atoms with E-state index in [4.69, 9.17) is 14.6 Å². The molecule has 0 saturated carbocycles. The molecule has 0 unspecified atom stereocenters. The summed E-state index contributed by atoms with van der Waals surface area (Å²) in [6.45, 7) is 8.33. The molecule has 2 heterocycles. The molecular formula is C25H33N5O3. The third kappa shape index (κ3) is 5.64. The minimum Gasteiger partial charge on any atom is -0.494 e. The Morgan fingerprint density at radius 2 is 1.91 bits per heavy atom. The molecule has 8 nitrogen and oxygen atoms in total. The van der Waals surface area contributed by atoms with Crippen LogP contribution in [0.5, 0.6) is 5.75 Å². The molecule has 1 amide bonds. The monoisotopic (exact) mass is 451 g/mol. The van der Waals surface area contributed by atoms with Crippen LogP contribution in [0.25, 0.3) is 10.9 Å². The van der Waals surface area contributed by atoms with E-state index in [0.29, 0.717) is 18.8 Å². The fraction of sp³-hybridized carbons (Fsp3) is 0.440. The first-order valence-electron chi connectivity index (χ1n) is 11.6. The molecule has 3 aromatic rings. The Hall–Kier alpha value is -3.10. The van der Waals surface area contributed by atoms with E-state index < -0.39 is 0 Å². The number of carbonyl (C=O) groups excluding carboxylic acids is 1. The third-order valence-electron chi connectivity index (χ3n) is 6.00. The van der Waals surface area contributed by atoms with E-state index in [-0.39, 0.29) is 5.91 Å². The highest BCUT2D eigenvalue weighted by Crippen LogP contribution is 2.28. The fourth-order valence-electron chi connectivity index (χ4n) is 4.13. The van der Waals surface area contributed by atoms with Crippen molar-refractivity contribution in [3.05, 3.63) is 53.7 Å². The summed E-state index contributed by atoms with van der Waals surface area (Å²) < 4.78 is 12.9. The van der Waals surface area contributed by atoms with Gasteiger partial charge in [-0.1, -0.05) is 30.3 Å². The predicted octanol–water partition coefficient (Wildman–Crippen LogP) is 2.92. The second-order valence-corrected chi connectivity index (χ2v) is 8.23. The number of methoxy groups -OCH3 is 1. The van der Waals surface area contributed by atoms with Crippen LogP contribution in [0.15, 0.2) is 42.5 Å². The number of rotatable bonds is 10. The molecule has 33 heavy (non-hydrogen) atoms. The Bertz CT molecular complexity index is 1080. The molecule has 2 N–H and O–H groups in total. The second kappa shape index (κ2) is 11.2. The molecule has 0 bridgehead atoms. The molecule has 176 valence electrons.